The standard InChI is InChI=1S/C20H23N5O3.2ClH/c1-21-19(15-12-24-25(2)13-15)20(26)23-11-14-7-8-18(22-10-14)28-17-6-4-5-16(9-17)27-3;;/h4-10,12-13,19,21H,11H2,1-3H3,(H,23,26);2*1H. The molecule has 0 aliphatic heterocycles. The molecule has 0 aliphatic rings. The highest BCUT2D eigenvalue weighted by Gasteiger charge is 2.19. The van der Waals surface area contributed by atoms with Crippen LogP contribution in [0, 0.1) is 0 Å². The SMILES string of the molecule is CNC(C(=O)NCc1ccc(Oc2cccc(OC)c2)nc1)c1cnn(C)c1.Cl.Cl. The fourth-order valence-electron chi connectivity index (χ4n) is 2.69. The fourth-order valence-corrected chi connectivity index (χ4v) is 2.69. The van der Waals surface area contributed by atoms with Crippen LogP contribution in [0.3, 0.4) is 0 Å². The molecular formula is C20H25Cl2N5O3. The first-order valence-corrected chi connectivity index (χ1v) is 8.79. The van der Waals surface area contributed by atoms with Crippen LogP contribution >= 0.6 is 24.8 Å². The Balaban J connectivity index is 0.00000225. The van der Waals surface area contributed by atoms with Crippen LogP contribution in [0.2, 0.25) is 0 Å². The number of hydrogen-bond donors (Lipinski definition) is 2. The van der Waals surface area contributed by atoms with Gasteiger partial charge in [-0.3, -0.25) is 9.48 Å². The summed E-state index contributed by atoms with van der Waals surface area (Å²) in [5, 5.41) is 10.0. The molecule has 0 spiro atoms. The van der Waals surface area contributed by atoms with Gasteiger partial charge in [0.15, 0.2) is 0 Å². The van der Waals surface area contributed by atoms with Gasteiger partial charge in [0.2, 0.25) is 11.8 Å². The van der Waals surface area contributed by atoms with E-state index in [0.717, 1.165) is 11.1 Å². The third kappa shape index (κ3) is 6.62. The minimum Gasteiger partial charge on any atom is -0.497 e. The van der Waals surface area contributed by atoms with Crippen LogP contribution in [0.1, 0.15) is 17.2 Å². The molecule has 3 rings (SSSR count). The molecular weight excluding hydrogens is 429 g/mol. The molecule has 0 bridgehead atoms. The number of ether oxygens (including phenoxy) is 2. The number of amides is 1. The third-order valence-electron chi connectivity index (χ3n) is 4.14. The smallest absolute Gasteiger partial charge is 0.242 e. The Hall–Kier alpha value is -2.81. The third-order valence-corrected chi connectivity index (χ3v) is 4.14. The number of benzene rings is 1. The molecule has 30 heavy (non-hydrogen) atoms. The van der Waals surface area contributed by atoms with Gasteiger partial charge in [-0.15, -0.1) is 24.8 Å². The molecule has 1 amide bonds. The van der Waals surface area contributed by atoms with Crippen molar-refractivity contribution >= 4 is 30.7 Å². The number of nitrogens with one attached hydrogen (secondary N) is 2. The average molecular weight is 454 g/mol. The molecule has 0 fully saturated rings. The lowest BCUT2D eigenvalue weighted by Crippen LogP contribution is -2.35. The number of likely N-dealkylation sites (N-methyl/N-ethyl adjacent to an activating group) is 1. The average Bonchev–Trinajstić information content (AvgIpc) is 3.14. The van der Waals surface area contributed by atoms with Crippen LogP contribution in [0.25, 0.3) is 0 Å². The van der Waals surface area contributed by atoms with Crippen LogP contribution in [-0.2, 0) is 18.4 Å². The predicted molar refractivity (Wildman–Crippen MR) is 119 cm³/mol. The molecule has 8 nitrogen and oxygen atoms in total. The van der Waals surface area contributed by atoms with Crippen molar-refractivity contribution in [2.75, 3.05) is 14.2 Å². The first-order chi connectivity index (χ1) is 13.6. The van der Waals surface area contributed by atoms with E-state index in [-0.39, 0.29) is 30.7 Å². The topological polar surface area (TPSA) is 90.3 Å². The number of rotatable bonds is 8. The summed E-state index contributed by atoms with van der Waals surface area (Å²) in [6.45, 7) is 0.365. The van der Waals surface area contributed by atoms with Gasteiger partial charge in [-0.1, -0.05) is 12.1 Å². The number of carbonyl (C=O) groups excluding carboxylic acids is 1. The minimum absolute atomic E-state index is 0. The molecule has 2 aromatic heterocycles. The zero-order valence-corrected chi connectivity index (χ0v) is 18.5. The van der Waals surface area contributed by atoms with Crippen molar-refractivity contribution in [3.8, 4) is 17.4 Å². The zero-order chi connectivity index (χ0) is 19.9. The number of aryl methyl sites for hydroxylation is 1. The first kappa shape index (κ1) is 25.2. The predicted octanol–water partition coefficient (Wildman–Crippen LogP) is 3.04. The molecule has 0 saturated carbocycles. The van der Waals surface area contributed by atoms with E-state index in [1.807, 2.05) is 37.5 Å². The van der Waals surface area contributed by atoms with E-state index in [1.165, 1.54) is 0 Å². The fraction of sp³-hybridized carbons (Fsp3) is 0.250. The number of aromatic nitrogens is 3. The number of carbonyl (C=O) groups is 1. The molecule has 3 aromatic rings. The Morgan fingerprint density at radius 1 is 1.17 bits per heavy atom. The van der Waals surface area contributed by atoms with Gasteiger partial charge in [0, 0.05) is 43.7 Å². The van der Waals surface area contributed by atoms with Crippen molar-refractivity contribution in [1.82, 2.24) is 25.4 Å². The summed E-state index contributed by atoms with van der Waals surface area (Å²) >= 11 is 0. The molecule has 1 atom stereocenters. The van der Waals surface area contributed by atoms with Crippen molar-refractivity contribution in [2.24, 2.45) is 7.05 Å². The number of halogens is 2. The summed E-state index contributed by atoms with van der Waals surface area (Å²) < 4.78 is 12.6. The van der Waals surface area contributed by atoms with Gasteiger partial charge in [0.05, 0.1) is 13.3 Å². The van der Waals surface area contributed by atoms with Gasteiger partial charge in [-0.2, -0.15) is 5.10 Å². The molecule has 0 radical (unpaired) electrons. The summed E-state index contributed by atoms with van der Waals surface area (Å²) in [7, 11) is 5.16. The second kappa shape index (κ2) is 12.0. The van der Waals surface area contributed by atoms with Crippen molar-refractivity contribution in [3.05, 3.63) is 66.1 Å². The van der Waals surface area contributed by atoms with Gasteiger partial charge in [-0.25, -0.2) is 4.98 Å². The highest BCUT2D eigenvalue weighted by atomic mass is 35.5. The van der Waals surface area contributed by atoms with Crippen LogP contribution in [0.4, 0.5) is 0 Å². The van der Waals surface area contributed by atoms with E-state index in [9.17, 15) is 4.79 Å². The second-order valence-corrected chi connectivity index (χ2v) is 6.17. The Labute approximate surface area is 187 Å². The largest absolute Gasteiger partial charge is 0.497 e. The van der Waals surface area contributed by atoms with Gasteiger partial charge in [-0.05, 0) is 24.7 Å². The van der Waals surface area contributed by atoms with E-state index in [1.54, 1.807) is 43.4 Å². The maximum Gasteiger partial charge on any atom is 0.242 e. The second-order valence-electron chi connectivity index (χ2n) is 6.17. The molecule has 0 aliphatic carbocycles. The lowest BCUT2D eigenvalue weighted by Gasteiger charge is -2.14. The van der Waals surface area contributed by atoms with Crippen LogP contribution in [0.15, 0.2) is 55.0 Å². The molecule has 10 heteroatoms. The number of pyridine rings is 1. The lowest BCUT2D eigenvalue weighted by atomic mass is 10.1. The summed E-state index contributed by atoms with van der Waals surface area (Å²) in [5.41, 5.74) is 1.68. The normalized spacial score (nSPS) is 10.9. The highest BCUT2D eigenvalue weighted by Crippen LogP contribution is 2.23. The van der Waals surface area contributed by atoms with Crippen LogP contribution in [-0.4, -0.2) is 34.8 Å². The quantitative estimate of drug-likeness (QED) is 0.544. The van der Waals surface area contributed by atoms with E-state index in [0.29, 0.717) is 23.9 Å². The zero-order valence-electron chi connectivity index (χ0n) is 16.9. The lowest BCUT2D eigenvalue weighted by molar-refractivity contribution is -0.123. The van der Waals surface area contributed by atoms with E-state index in [2.05, 4.69) is 20.7 Å². The number of hydrogen-bond acceptors (Lipinski definition) is 6. The van der Waals surface area contributed by atoms with Gasteiger partial charge < -0.3 is 20.1 Å². The van der Waals surface area contributed by atoms with E-state index < -0.39 is 6.04 Å². The van der Waals surface area contributed by atoms with Crippen molar-refractivity contribution < 1.29 is 14.3 Å². The first-order valence-electron chi connectivity index (χ1n) is 8.79. The molecule has 1 aromatic carbocycles. The van der Waals surface area contributed by atoms with Crippen molar-refractivity contribution in [1.29, 1.82) is 0 Å². The minimum atomic E-state index is -0.461. The van der Waals surface area contributed by atoms with Crippen molar-refractivity contribution in [3.63, 3.8) is 0 Å². The maximum atomic E-state index is 12.5. The summed E-state index contributed by atoms with van der Waals surface area (Å²) in [4.78, 5) is 16.7. The van der Waals surface area contributed by atoms with Gasteiger partial charge in [0.1, 0.15) is 17.5 Å². The molecule has 2 heterocycles. The molecule has 0 saturated heterocycles. The number of methoxy groups -OCH3 is 1. The Morgan fingerprint density at radius 3 is 2.53 bits per heavy atom. The van der Waals surface area contributed by atoms with Crippen molar-refractivity contribution in [2.45, 2.75) is 12.6 Å². The Morgan fingerprint density at radius 2 is 1.93 bits per heavy atom. The maximum absolute atomic E-state index is 12.5. The molecule has 162 valence electrons. The molecule has 1 unspecified atom stereocenters. The highest BCUT2D eigenvalue weighted by molar-refractivity contribution is 5.85. The summed E-state index contributed by atoms with van der Waals surface area (Å²) in [5.74, 6) is 1.68. The van der Waals surface area contributed by atoms with E-state index >= 15 is 0 Å². The Bertz CT molecular complexity index is 934. The van der Waals surface area contributed by atoms with Crippen LogP contribution in [0.5, 0.6) is 17.4 Å². The summed E-state index contributed by atoms with van der Waals surface area (Å²) in [6, 6.07) is 10.5. The molecule has 2 N–H and O–H groups in total. The van der Waals surface area contributed by atoms with E-state index in [4.69, 9.17) is 9.47 Å². The summed E-state index contributed by atoms with van der Waals surface area (Å²) in [6.07, 6.45) is 5.16. The van der Waals surface area contributed by atoms with Gasteiger partial charge in [0.25, 0.3) is 0 Å². The monoisotopic (exact) mass is 453 g/mol. The van der Waals surface area contributed by atoms with Crippen LogP contribution < -0.4 is 20.1 Å². The Kier molecular flexibility index (Phi) is 10.1. The van der Waals surface area contributed by atoms with Gasteiger partial charge >= 0.3 is 0 Å². The number of nitrogens with zero attached hydrogens (tertiary/aromatic N) is 3.